The number of rotatable bonds is 5. The standard InChI is InChI=1S/C28H27F2N3O2/c29-23-10-6-20(7-11-23)27(21-8-12-24(30)13-9-21)31-15-17-32(18-16-31)28(35)22-3-1-4-25(19-22)33-14-2-5-26(33)34/h1,3-4,6-13,19,27H,2,5,14-18H2. The highest BCUT2D eigenvalue weighted by atomic mass is 19.1. The maximum absolute atomic E-state index is 13.6. The average molecular weight is 476 g/mol. The molecule has 5 nitrogen and oxygen atoms in total. The van der Waals surface area contributed by atoms with Crippen LogP contribution >= 0.6 is 0 Å². The highest BCUT2D eigenvalue weighted by Gasteiger charge is 2.29. The van der Waals surface area contributed by atoms with Gasteiger partial charge in [-0.1, -0.05) is 30.3 Å². The van der Waals surface area contributed by atoms with E-state index in [2.05, 4.69) is 4.90 Å². The minimum atomic E-state index is -0.306. The molecular weight excluding hydrogens is 448 g/mol. The van der Waals surface area contributed by atoms with E-state index in [-0.39, 0.29) is 29.5 Å². The maximum atomic E-state index is 13.6. The Morgan fingerprint density at radius 1 is 0.771 bits per heavy atom. The number of carbonyl (C=O) groups excluding carboxylic acids is 2. The third kappa shape index (κ3) is 4.95. The van der Waals surface area contributed by atoms with Crippen molar-refractivity contribution >= 4 is 17.5 Å². The van der Waals surface area contributed by atoms with Crippen molar-refractivity contribution in [2.45, 2.75) is 18.9 Å². The second kappa shape index (κ2) is 9.96. The highest BCUT2D eigenvalue weighted by Crippen LogP contribution is 2.30. The van der Waals surface area contributed by atoms with Crippen LogP contribution in [0.2, 0.25) is 0 Å². The van der Waals surface area contributed by atoms with Crippen LogP contribution in [0, 0.1) is 11.6 Å². The summed E-state index contributed by atoms with van der Waals surface area (Å²) >= 11 is 0. The zero-order chi connectivity index (χ0) is 24.4. The Labute approximate surface area is 203 Å². The van der Waals surface area contributed by atoms with Crippen LogP contribution in [-0.2, 0) is 4.79 Å². The Bertz CT molecular complexity index is 1160. The number of halogens is 2. The molecule has 2 aliphatic rings. The van der Waals surface area contributed by atoms with Gasteiger partial charge in [0.25, 0.3) is 5.91 Å². The molecule has 0 aromatic heterocycles. The van der Waals surface area contributed by atoms with Gasteiger partial charge in [0, 0.05) is 50.4 Å². The molecule has 2 saturated heterocycles. The summed E-state index contributed by atoms with van der Waals surface area (Å²) in [5, 5.41) is 0. The second-order valence-corrected chi connectivity index (χ2v) is 9.03. The topological polar surface area (TPSA) is 43.9 Å². The van der Waals surface area contributed by atoms with Crippen LogP contribution in [0.3, 0.4) is 0 Å². The van der Waals surface area contributed by atoms with Crippen molar-refractivity contribution in [2.75, 3.05) is 37.6 Å². The van der Waals surface area contributed by atoms with Gasteiger partial charge in [-0.2, -0.15) is 0 Å². The van der Waals surface area contributed by atoms with E-state index >= 15 is 0 Å². The van der Waals surface area contributed by atoms with E-state index in [4.69, 9.17) is 0 Å². The van der Waals surface area contributed by atoms with Crippen molar-refractivity contribution in [1.29, 1.82) is 0 Å². The second-order valence-electron chi connectivity index (χ2n) is 9.03. The Hall–Kier alpha value is -3.58. The van der Waals surface area contributed by atoms with Gasteiger partial charge in [0.1, 0.15) is 11.6 Å². The molecule has 5 rings (SSSR count). The number of nitrogens with zero attached hydrogens (tertiary/aromatic N) is 3. The lowest BCUT2D eigenvalue weighted by Crippen LogP contribution is -2.49. The predicted octanol–water partition coefficient (Wildman–Crippen LogP) is 4.64. The van der Waals surface area contributed by atoms with Crippen LogP contribution in [0.15, 0.2) is 72.8 Å². The lowest BCUT2D eigenvalue weighted by molar-refractivity contribution is -0.117. The van der Waals surface area contributed by atoms with E-state index in [0.717, 1.165) is 23.2 Å². The maximum Gasteiger partial charge on any atom is 0.254 e. The first kappa shape index (κ1) is 23.2. The fourth-order valence-electron chi connectivity index (χ4n) is 5.00. The normalized spacial score (nSPS) is 16.8. The summed E-state index contributed by atoms with van der Waals surface area (Å²) in [6.07, 6.45) is 1.38. The van der Waals surface area contributed by atoms with Crippen molar-refractivity contribution in [1.82, 2.24) is 9.80 Å². The summed E-state index contributed by atoms with van der Waals surface area (Å²) in [6.45, 7) is 2.99. The molecule has 2 fully saturated rings. The van der Waals surface area contributed by atoms with Gasteiger partial charge in [0.05, 0.1) is 6.04 Å². The van der Waals surface area contributed by atoms with E-state index in [1.54, 1.807) is 41.3 Å². The minimum absolute atomic E-state index is 0.0572. The van der Waals surface area contributed by atoms with Crippen molar-refractivity contribution in [3.05, 3.63) is 101 Å². The van der Waals surface area contributed by atoms with E-state index in [0.29, 0.717) is 44.7 Å². The summed E-state index contributed by atoms with van der Waals surface area (Å²) < 4.78 is 27.1. The molecule has 0 saturated carbocycles. The molecule has 7 heteroatoms. The zero-order valence-electron chi connectivity index (χ0n) is 19.4. The van der Waals surface area contributed by atoms with Crippen molar-refractivity contribution in [3.8, 4) is 0 Å². The van der Waals surface area contributed by atoms with Crippen LogP contribution < -0.4 is 4.90 Å². The first-order valence-corrected chi connectivity index (χ1v) is 11.9. The highest BCUT2D eigenvalue weighted by molar-refractivity contribution is 5.99. The zero-order valence-corrected chi connectivity index (χ0v) is 19.4. The summed E-state index contributed by atoms with van der Waals surface area (Å²) in [7, 11) is 0. The van der Waals surface area contributed by atoms with E-state index < -0.39 is 0 Å². The molecule has 0 aliphatic carbocycles. The Balaban J connectivity index is 1.31. The van der Waals surface area contributed by atoms with Crippen molar-refractivity contribution in [2.24, 2.45) is 0 Å². The summed E-state index contributed by atoms with van der Waals surface area (Å²) in [4.78, 5) is 31.2. The van der Waals surface area contributed by atoms with Crippen LogP contribution in [0.25, 0.3) is 0 Å². The fourth-order valence-corrected chi connectivity index (χ4v) is 5.00. The van der Waals surface area contributed by atoms with Gasteiger partial charge >= 0.3 is 0 Å². The fraction of sp³-hybridized carbons (Fsp3) is 0.286. The molecule has 2 heterocycles. The molecule has 0 bridgehead atoms. The Morgan fingerprint density at radius 2 is 1.37 bits per heavy atom. The predicted molar refractivity (Wildman–Crippen MR) is 130 cm³/mol. The van der Waals surface area contributed by atoms with Gasteiger partial charge in [-0.25, -0.2) is 8.78 Å². The average Bonchev–Trinajstić information content (AvgIpc) is 3.32. The molecule has 0 unspecified atom stereocenters. The van der Waals surface area contributed by atoms with Crippen molar-refractivity contribution in [3.63, 3.8) is 0 Å². The number of hydrogen-bond donors (Lipinski definition) is 0. The molecule has 3 aromatic carbocycles. The number of amides is 2. The van der Waals surface area contributed by atoms with E-state index in [1.807, 2.05) is 17.0 Å². The first-order chi connectivity index (χ1) is 17.0. The number of carbonyl (C=O) groups is 2. The van der Waals surface area contributed by atoms with Gasteiger partial charge < -0.3 is 9.80 Å². The van der Waals surface area contributed by atoms with Gasteiger partial charge in [0.15, 0.2) is 0 Å². The first-order valence-electron chi connectivity index (χ1n) is 11.9. The molecule has 2 amide bonds. The number of hydrogen-bond acceptors (Lipinski definition) is 3. The Kier molecular flexibility index (Phi) is 6.59. The third-order valence-corrected chi connectivity index (χ3v) is 6.82. The number of benzene rings is 3. The van der Waals surface area contributed by atoms with Gasteiger partial charge in [-0.3, -0.25) is 14.5 Å². The quantitative estimate of drug-likeness (QED) is 0.540. The molecular formula is C28H27F2N3O2. The lowest BCUT2D eigenvalue weighted by Gasteiger charge is -2.40. The van der Waals surface area contributed by atoms with Crippen molar-refractivity contribution < 1.29 is 18.4 Å². The van der Waals surface area contributed by atoms with Gasteiger partial charge in [-0.15, -0.1) is 0 Å². The number of anilines is 1. The molecule has 0 N–H and O–H groups in total. The number of piperazine rings is 1. The van der Waals surface area contributed by atoms with E-state index in [1.165, 1.54) is 24.3 Å². The Morgan fingerprint density at radius 3 is 1.91 bits per heavy atom. The monoisotopic (exact) mass is 475 g/mol. The van der Waals surface area contributed by atoms with Crippen LogP contribution in [-0.4, -0.2) is 54.3 Å². The molecule has 35 heavy (non-hydrogen) atoms. The molecule has 0 atom stereocenters. The van der Waals surface area contributed by atoms with Crippen LogP contribution in [0.4, 0.5) is 14.5 Å². The molecule has 3 aromatic rings. The summed E-state index contributed by atoms with van der Waals surface area (Å²) in [6, 6.07) is 19.9. The molecule has 0 spiro atoms. The van der Waals surface area contributed by atoms with Gasteiger partial charge in [0.2, 0.25) is 5.91 Å². The summed E-state index contributed by atoms with van der Waals surface area (Å²) in [5.74, 6) is -0.575. The minimum Gasteiger partial charge on any atom is -0.336 e. The SMILES string of the molecule is O=C(c1cccc(N2CCCC2=O)c1)N1CCN(C(c2ccc(F)cc2)c2ccc(F)cc2)CC1. The van der Waals surface area contributed by atoms with Gasteiger partial charge in [-0.05, 0) is 60.0 Å². The third-order valence-electron chi connectivity index (χ3n) is 6.82. The van der Waals surface area contributed by atoms with Crippen LogP contribution in [0.5, 0.6) is 0 Å². The molecule has 180 valence electrons. The largest absolute Gasteiger partial charge is 0.336 e. The van der Waals surface area contributed by atoms with Crippen LogP contribution in [0.1, 0.15) is 40.4 Å². The molecule has 2 aliphatic heterocycles. The summed E-state index contributed by atoms with van der Waals surface area (Å²) in [5.41, 5.74) is 3.18. The van der Waals surface area contributed by atoms with E-state index in [9.17, 15) is 18.4 Å². The molecule has 0 radical (unpaired) electrons. The smallest absolute Gasteiger partial charge is 0.254 e. The lowest BCUT2D eigenvalue weighted by atomic mass is 9.96.